The van der Waals surface area contributed by atoms with E-state index in [0.29, 0.717) is 13.1 Å². The Hall–Kier alpha value is -2.03. The zero-order chi connectivity index (χ0) is 19.2. The summed E-state index contributed by atoms with van der Waals surface area (Å²) in [7, 11) is 1.76. The molecule has 0 aromatic carbocycles. The van der Waals surface area contributed by atoms with E-state index >= 15 is 0 Å². The van der Waals surface area contributed by atoms with Crippen molar-refractivity contribution in [3.05, 3.63) is 28.3 Å². The Kier molecular flexibility index (Phi) is 8.35. The molecule has 0 spiro atoms. The normalized spacial score (nSPS) is 14.7. The number of halogens is 1. The van der Waals surface area contributed by atoms with Crippen molar-refractivity contribution in [3.8, 4) is 0 Å². The third-order valence-corrected chi connectivity index (χ3v) is 5.10. The zero-order valence-corrected chi connectivity index (χ0v) is 19.0. The van der Waals surface area contributed by atoms with Gasteiger partial charge in [0.25, 0.3) is 0 Å². The number of hydrogen-bond acceptors (Lipinski definition) is 8. The van der Waals surface area contributed by atoms with E-state index in [4.69, 9.17) is 0 Å². The monoisotopic (exact) mass is 521 g/mol. The summed E-state index contributed by atoms with van der Waals surface area (Å²) in [6.45, 7) is 6.58. The summed E-state index contributed by atoms with van der Waals surface area (Å²) in [6.07, 6.45) is 3.54. The Morgan fingerprint density at radius 1 is 1.39 bits per heavy atom. The summed E-state index contributed by atoms with van der Waals surface area (Å²) in [5.41, 5.74) is -0.00147. The summed E-state index contributed by atoms with van der Waals surface area (Å²) in [5, 5.41) is 19.0. The van der Waals surface area contributed by atoms with Crippen LogP contribution in [0.4, 0.5) is 10.8 Å². The lowest BCUT2D eigenvalue weighted by Crippen LogP contribution is -2.53. The molecule has 1 saturated heterocycles. The van der Waals surface area contributed by atoms with Gasteiger partial charge in [-0.2, -0.15) is 9.47 Å². The maximum absolute atomic E-state index is 10.7. The number of aromatic nitrogens is 4. The van der Waals surface area contributed by atoms with Crippen molar-refractivity contribution in [2.45, 2.75) is 19.9 Å². The van der Waals surface area contributed by atoms with E-state index in [9.17, 15) is 10.1 Å². The maximum Gasteiger partial charge on any atom is 0.306 e. The molecule has 0 radical (unpaired) electrons. The van der Waals surface area contributed by atoms with E-state index in [-0.39, 0.29) is 29.7 Å². The van der Waals surface area contributed by atoms with Crippen LogP contribution in [-0.4, -0.2) is 74.7 Å². The Morgan fingerprint density at radius 2 is 2.14 bits per heavy atom. The van der Waals surface area contributed by atoms with Crippen molar-refractivity contribution in [1.29, 1.82) is 0 Å². The third kappa shape index (κ3) is 5.50. The highest BCUT2D eigenvalue weighted by Crippen LogP contribution is 2.19. The van der Waals surface area contributed by atoms with Crippen molar-refractivity contribution < 1.29 is 4.92 Å². The molecule has 1 aliphatic rings. The molecule has 154 valence electrons. The van der Waals surface area contributed by atoms with E-state index in [1.54, 1.807) is 11.7 Å². The molecule has 0 unspecified atom stereocenters. The van der Waals surface area contributed by atoms with Crippen LogP contribution in [-0.2, 0) is 13.0 Å². The minimum atomic E-state index is -0.448. The number of aliphatic imine (C=N–C) groups is 1. The Bertz CT molecular complexity index is 801. The lowest BCUT2D eigenvalue weighted by atomic mass is 10.3. The molecule has 28 heavy (non-hydrogen) atoms. The largest absolute Gasteiger partial charge is 0.354 e. The average Bonchev–Trinajstić information content (AvgIpc) is 3.35. The van der Waals surface area contributed by atoms with Gasteiger partial charge in [-0.1, -0.05) is 6.92 Å². The Labute approximate surface area is 184 Å². The van der Waals surface area contributed by atoms with Gasteiger partial charge in [0.1, 0.15) is 18.2 Å². The number of nitro groups is 1. The first-order chi connectivity index (χ1) is 13.1. The van der Waals surface area contributed by atoms with Crippen LogP contribution in [0, 0.1) is 10.1 Å². The second-order valence-corrected chi connectivity index (χ2v) is 6.74. The number of aryl methyl sites for hydroxylation is 1. The molecular formula is C15H24IN9O2S. The predicted molar refractivity (Wildman–Crippen MR) is 119 cm³/mol. The number of anilines is 1. The van der Waals surface area contributed by atoms with Gasteiger partial charge in [0.2, 0.25) is 5.13 Å². The van der Waals surface area contributed by atoms with Crippen LogP contribution in [0.3, 0.4) is 0 Å². The molecule has 3 heterocycles. The number of rotatable bonds is 6. The van der Waals surface area contributed by atoms with E-state index in [1.807, 2.05) is 0 Å². The molecular weight excluding hydrogens is 497 g/mol. The van der Waals surface area contributed by atoms with Gasteiger partial charge in [0, 0.05) is 57.7 Å². The lowest BCUT2D eigenvalue weighted by Gasteiger charge is -2.36. The molecule has 2 aromatic rings. The van der Waals surface area contributed by atoms with Crippen molar-refractivity contribution in [2.75, 3.05) is 44.7 Å². The molecule has 1 fully saturated rings. The fourth-order valence-corrected chi connectivity index (χ4v) is 3.61. The highest BCUT2D eigenvalue weighted by Gasteiger charge is 2.22. The van der Waals surface area contributed by atoms with Gasteiger partial charge in [-0.3, -0.25) is 19.8 Å². The van der Waals surface area contributed by atoms with Crippen molar-refractivity contribution >= 4 is 52.3 Å². The van der Waals surface area contributed by atoms with E-state index in [0.717, 1.165) is 49.5 Å². The van der Waals surface area contributed by atoms with Gasteiger partial charge in [-0.05, 0) is 0 Å². The minimum Gasteiger partial charge on any atom is -0.354 e. The maximum atomic E-state index is 10.7. The highest BCUT2D eigenvalue weighted by molar-refractivity contribution is 14.0. The smallest absolute Gasteiger partial charge is 0.306 e. The van der Waals surface area contributed by atoms with Gasteiger partial charge >= 0.3 is 5.69 Å². The van der Waals surface area contributed by atoms with Gasteiger partial charge in [0.05, 0.1) is 11.5 Å². The van der Waals surface area contributed by atoms with Gasteiger partial charge in [0.15, 0.2) is 5.96 Å². The molecule has 0 saturated carbocycles. The Balaban J connectivity index is 0.00000280. The topological polar surface area (TPSA) is 118 Å². The van der Waals surface area contributed by atoms with Crippen molar-refractivity contribution in [2.24, 2.45) is 4.99 Å². The molecule has 1 N–H and O–H groups in total. The molecule has 0 bridgehead atoms. The second kappa shape index (κ2) is 10.5. The molecule has 0 amide bonds. The number of hydrogen-bond donors (Lipinski definition) is 1. The van der Waals surface area contributed by atoms with E-state index in [2.05, 4.69) is 41.5 Å². The first kappa shape index (κ1) is 22.3. The van der Waals surface area contributed by atoms with E-state index in [1.165, 1.54) is 23.9 Å². The Morgan fingerprint density at radius 3 is 2.71 bits per heavy atom. The first-order valence-corrected chi connectivity index (χ1v) is 9.58. The zero-order valence-electron chi connectivity index (χ0n) is 15.8. The van der Waals surface area contributed by atoms with Crippen LogP contribution in [0.5, 0.6) is 0 Å². The summed E-state index contributed by atoms with van der Waals surface area (Å²) in [5.74, 6) is 1.72. The van der Waals surface area contributed by atoms with Crippen LogP contribution in [0.25, 0.3) is 0 Å². The fraction of sp³-hybridized carbons (Fsp3) is 0.600. The van der Waals surface area contributed by atoms with Crippen molar-refractivity contribution in [3.63, 3.8) is 0 Å². The van der Waals surface area contributed by atoms with Crippen LogP contribution < -0.4 is 10.2 Å². The van der Waals surface area contributed by atoms with Crippen LogP contribution in [0.15, 0.2) is 17.4 Å². The SMILES string of the molecule is CCc1nsc(N2CCN(C(=NC)NCCn3cc([N+](=O)[O-])cn3)CC2)n1.I. The van der Waals surface area contributed by atoms with Crippen LogP contribution >= 0.6 is 35.5 Å². The van der Waals surface area contributed by atoms with Crippen LogP contribution in [0.2, 0.25) is 0 Å². The fourth-order valence-electron chi connectivity index (χ4n) is 2.81. The van der Waals surface area contributed by atoms with Gasteiger partial charge in [-0.25, -0.2) is 4.98 Å². The van der Waals surface area contributed by atoms with E-state index < -0.39 is 4.92 Å². The molecule has 11 nitrogen and oxygen atoms in total. The number of nitrogens with zero attached hydrogens (tertiary/aromatic N) is 8. The third-order valence-electron chi connectivity index (χ3n) is 4.29. The lowest BCUT2D eigenvalue weighted by molar-refractivity contribution is -0.385. The van der Waals surface area contributed by atoms with Crippen LogP contribution in [0.1, 0.15) is 12.7 Å². The van der Waals surface area contributed by atoms with Crippen molar-refractivity contribution in [1.82, 2.24) is 29.4 Å². The number of nitrogens with one attached hydrogen (secondary N) is 1. The summed E-state index contributed by atoms with van der Waals surface area (Å²) in [4.78, 5) is 23.6. The summed E-state index contributed by atoms with van der Waals surface area (Å²) in [6, 6.07) is 0. The molecule has 0 aliphatic carbocycles. The highest BCUT2D eigenvalue weighted by atomic mass is 127. The summed E-state index contributed by atoms with van der Waals surface area (Å²) >= 11 is 1.45. The number of guanidine groups is 1. The van der Waals surface area contributed by atoms with Gasteiger partial charge in [-0.15, -0.1) is 24.0 Å². The molecule has 1 aliphatic heterocycles. The molecule has 0 atom stereocenters. The first-order valence-electron chi connectivity index (χ1n) is 8.80. The standard InChI is InChI=1S/C15H23N9O2S.HI/c1-3-13-19-15(27-20-13)22-8-6-21(7-9-22)14(16-2)17-4-5-23-11-12(10-18-23)24(25)26;/h10-11H,3-9H2,1-2H3,(H,16,17);1H. The predicted octanol–water partition coefficient (Wildman–Crippen LogP) is 1.22. The minimum absolute atomic E-state index is 0. The van der Waals surface area contributed by atoms with Gasteiger partial charge < -0.3 is 15.1 Å². The average molecular weight is 521 g/mol. The molecule has 13 heteroatoms. The summed E-state index contributed by atoms with van der Waals surface area (Å²) < 4.78 is 5.90. The number of piperazine rings is 1. The molecule has 3 rings (SSSR count). The second-order valence-electron chi connectivity index (χ2n) is 6.01. The quantitative estimate of drug-likeness (QED) is 0.198. The molecule has 2 aromatic heterocycles.